The summed E-state index contributed by atoms with van der Waals surface area (Å²) in [6.07, 6.45) is 0.501. The Balaban J connectivity index is 2.16. The average Bonchev–Trinajstić information content (AvgIpc) is 2.83. The maximum absolute atomic E-state index is 11.4. The van der Waals surface area contributed by atoms with Gasteiger partial charge in [-0.3, -0.25) is 4.79 Å². The third-order valence-corrected chi connectivity index (χ3v) is 3.76. The van der Waals surface area contributed by atoms with Crippen molar-refractivity contribution < 1.29 is 4.79 Å². The molecule has 0 fully saturated rings. The van der Waals surface area contributed by atoms with E-state index in [9.17, 15) is 4.79 Å². The molecule has 0 spiro atoms. The molecule has 0 bridgehead atoms. The molecular formula is C18H19N3O. The summed E-state index contributed by atoms with van der Waals surface area (Å²) in [6.45, 7) is 4.30. The minimum atomic E-state index is 0.178. The molecule has 2 aromatic carbocycles. The summed E-state index contributed by atoms with van der Waals surface area (Å²) in [4.78, 5) is 16.1. The first-order valence-corrected chi connectivity index (χ1v) is 7.37. The van der Waals surface area contributed by atoms with Gasteiger partial charge < -0.3 is 10.3 Å². The Morgan fingerprint density at radius 3 is 2.59 bits per heavy atom. The van der Waals surface area contributed by atoms with Crippen molar-refractivity contribution in [2.45, 2.75) is 26.8 Å². The summed E-state index contributed by atoms with van der Waals surface area (Å²) >= 11 is 0. The summed E-state index contributed by atoms with van der Waals surface area (Å²) in [5.74, 6) is 1.05. The summed E-state index contributed by atoms with van der Waals surface area (Å²) in [6, 6.07) is 13.9. The van der Waals surface area contributed by atoms with Gasteiger partial charge in [-0.05, 0) is 55.8 Å². The number of hydrogen-bond acceptors (Lipinski definition) is 3. The number of aromatic nitrogens is 2. The maximum Gasteiger partial charge on any atom is 0.141 e. The van der Waals surface area contributed by atoms with Gasteiger partial charge in [0.25, 0.3) is 0 Å². The number of ketones is 1. The molecule has 1 aromatic heterocycles. The van der Waals surface area contributed by atoms with E-state index in [0.29, 0.717) is 13.0 Å². The zero-order valence-electron chi connectivity index (χ0n) is 12.8. The second-order valence-electron chi connectivity index (χ2n) is 5.65. The smallest absolute Gasteiger partial charge is 0.141 e. The topological polar surface area (TPSA) is 60.9 Å². The third-order valence-electron chi connectivity index (χ3n) is 3.76. The van der Waals surface area contributed by atoms with E-state index >= 15 is 0 Å². The fourth-order valence-corrected chi connectivity index (χ4v) is 2.59. The lowest BCUT2D eigenvalue weighted by Crippen LogP contribution is -2.04. The average molecular weight is 293 g/mol. The molecule has 2 N–H and O–H groups in total. The number of benzene rings is 2. The van der Waals surface area contributed by atoms with E-state index in [1.54, 1.807) is 6.92 Å². The highest BCUT2D eigenvalue weighted by molar-refractivity contribution is 5.82. The number of fused-ring (bicyclic) bond motifs is 1. The molecule has 4 heteroatoms. The maximum atomic E-state index is 11.4. The molecule has 0 aliphatic rings. The Morgan fingerprint density at radius 1 is 1.18 bits per heavy atom. The van der Waals surface area contributed by atoms with E-state index in [4.69, 9.17) is 10.7 Å². The monoisotopic (exact) mass is 293 g/mol. The molecule has 3 rings (SSSR count). The molecule has 0 unspecified atom stereocenters. The third kappa shape index (κ3) is 2.72. The van der Waals surface area contributed by atoms with E-state index in [2.05, 4.69) is 29.7 Å². The van der Waals surface area contributed by atoms with Crippen LogP contribution in [0.2, 0.25) is 0 Å². The molecule has 0 aliphatic heterocycles. The van der Waals surface area contributed by atoms with Crippen LogP contribution in [-0.2, 0) is 11.3 Å². The normalized spacial score (nSPS) is 11.0. The van der Waals surface area contributed by atoms with Crippen LogP contribution in [0.5, 0.6) is 0 Å². The lowest BCUT2D eigenvalue weighted by molar-refractivity contribution is -0.117. The Labute approximate surface area is 129 Å². The number of nitrogen functional groups attached to an aromatic ring is 1. The molecule has 4 nitrogen and oxygen atoms in total. The van der Waals surface area contributed by atoms with Crippen molar-refractivity contribution in [2.75, 3.05) is 5.73 Å². The van der Waals surface area contributed by atoms with Gasteiger partial charge in [-0.15, -0.1) is 0 Å². The first-order valence-electron chi connectivity index (χ1n) is 7.37. The van der Waals surface area contributed by atoms with Gasteiger partial charge in [0, 0.05) is 24.2 Å². The minimum Gasteiger partial charge on any atom is -0.399 e. The van der Waals surface area contributed by atoms with Crippen LogP contribution < -0.4 is 5.73 Å². The lowest BCUT2D eigenvalue weighted by atomic mass is 10.2. The first-order chi connectivity index (χ1) is 10.5. The predicted octanol–water partition coefficient (Wildman–Crippen LogP) is 3.57. The Morgan fingerprint density at radius 2 is 1.91 bits per heavy atom. The number of carbonyl (C=O) groups is 1. The quantitative estimate of drug-likeness (QED) is 0.748. The standard InChI is InChI=1S/C18H19N3O/c1-12-3-8-17-16(11-12)20-18(21(17)10-9-13(2)22)14-4-6-15(19)7-5-14/h3-8,11H,9-10,19H2,1-2H3. The van der Waals surface area contributed by atoms with Gasteiger partial charge in [0.05, 0.1) is 11.0 Å². The van der Waals surface area contributed by atoms with Crippen LogP contribution in [0.15, 0.2) is 42.5 Å². The molecule has 0 saturated heterocycles. The fourth-order valence-electron chi connectivity index (χ4n) is 2.59. The first kappa shape index (κ1) is 14.3. The highest BCUT2D eigenvalue weighted by atomic mass is 16.1. The zero-order chi connectivity index (χ0) is 15.7. The SMILES string of the molecule is CC(=O)CCn1c(-c2ccc(N)cc2)nc2cc(C)ccc21. The molecule has 0 atom stereocenters. The van der Waals surface area contributed by atoms with Crippen molar-refractivity contribution in [1.82, 2.24) is 9.55 Å². The van der Waals surface area contributed by atoms with Gasteiger partial charge in [0.15, 0.2) is 0 Å². The molecule has 112 valence electrons. The Bertz CT molecular complexity index is 831. The van der Waals surface area contributed by atoms with Crippen LogP contribution in [0.25, 0.3) is 22.4 Å². The molecule has 3 aromatic rings. The van der Waals surface area contributed by atoms with Crippen molar-refractivity contribution in [1.29, 1.82) is 0 Å². The number of nitrogens with two attached hydrogens (primary N) is 1. The van der Waals surface area contributed by atoms with Crippen LogP contribution in [-0.4, -0.2) is 15.3 Å². The highest BCUT2D eigenvalue weighted by Gasteiger charge is 2.13. The van der Waals surface area contributed by atoms with Gasteiger partial charge in [-0.25, -0.2) is 4.98 Å². The number of Topliss-reactive ketones (excluding diaryl/α,β-unsaturated/α-hetero) is 1. The molecule has 0 radical (unpaired) electrons. The number of nitrogens with zero attached hydrogens (tertiary/aromatic N) is 2. The highest BCUT2D eigenvalue weighted by Crippen LogP contribution is 2.26. The van der Waals surface area contributed by atoms with Crippen molar-refractivity contribution in [3.05, 3.63) is 48.0 Å². The number of carbonyl (C=O) groups excluding carboxylic acids is 1. The van der Waals surface area contributed by atoms with E-state index < -0.39 is 0 Å². The predicted molar refractivity (Wildman–Crippen MR) is 89.6 cm³/mol. The second kappa shape index (κ2) is 5.64. The van der Waals surface area contributed by atoms with Crippen molar-refractivity contribution in [3.8, 4) is 11.4 Å². The van der Waals surface area contributed by atoms with E-state index in [-0.39, 0.29) is 5.78 Å². The van der Waals surface area contributed by atoms with Crippen LogP contribution in [0.3, 0.4) is 0 Å². The number of rotatable bonds is 4. The zero-order valence-corrected chi connectivity index (χ0v) is 12.8. The second-order valence-corrected chi connectivity index (χ2v) is 5.65. The minimum absolute atomic E-state index is 0.178. The van der Waals surface area contributed by atoms with E-state index in [1.165, 1.54) is 5.56 Å². The molecule has 0 saturated carbocycles. The molecular weight excluding hydrogens is 274 g/mol. The van der Waals surface area contributed by atoms with Gasteiger partial charge in [-0.1, -0.05) is 6.07 Å². The Hall–Kier alpha value is -2.62. The van der Waals surface area contributed by atoms with Gasteiger partial charge >= 0.3 is 0 Å². The fraction of sp³-hybridized carbons (Fsp3) is 0.222. The van der Waals surface area contributed by atoms with Crippen molar-refractivity contribution in [3.63, 3.8) is 0 Å². The van der Waals surface area contributed by atoms with Crippen molar-refractivity contribution in [2.24, 2.45) is 0 Å². The van der Waals surface area contributed by atoms with Crippen LogP contribution in [0.1, 0.15) is 18.9 Å². The summed E-state index contributed by atoms with van der Waals surface area (Å²) < 4.78 is 2.11. The molecule has 22 heavy (non-hydrogen) atoms. The number of imidazole rings is 1. The summed E-state index contributed by atoms with van der Waals surface area (Å²) in [5, 5.41) is 0. The number of hydrogen-bond donors (Lipinski definition) is 1. The van der Waals surface area contributed by atoms with Gasteiger partial charge in [0.2, 0.25) is 0 Å². The lowest BCUT2D eigenvalue weighted by Gasteiger charge is -2.08. The van der Waals surface area contributed by atoms with E-state index in [0.717, 1.165) is 28.1 Å². The van der Waals surface area contributed by atoms with Crippen LogP contribution in [0, 0.1) is 6.92 Å². The van der Waals surface area contributed by atoms with Gasteiger partial charge in [-0.2, -0.15) is 0 Å². The number of aryl methyl sites for hydroxylation is 2. The number of anilines is 1. The Kier molecular flexibility index (Phi) is 3.67. The summed E-state index contributed by atoms with van der Waals surface area (Å²) in [5.41, 5.74) is 10.7. The van der Waals surface area contributed by atoms with Crippen LogP contribution in [0.4, 0.5) is 5.69 Å². The summed E-state index contributed by atoms with van der Waals surface area (Å²) in [7, 11) is 0. The molecule has 0 amide bonds. The van der Waals surface area contributed by atoms with Crippen molar-refractivity contribution >= 4 is 22.5 Å². The molecule has 0 aliphatic carbocycles. The van der Waals surface area contributed by atoms with E-state index in [1.807, 2.05) is 24.3 Å². The molecule has 1 heterocycles. The van der Waals surface area contributed by atoms with Crippen LogP contribution >= 0.6 is 0 Å². The van der Waals surface area contributed by atoms with Gasteiger partial charge in [0.1, 0.15) is 11.6 Å². The largest absolute Gasteiger partial charge is 0.399 e.